The van der Waals surface area contributed by atoms with Crippen molar-refractivity contribution in [3.05, 3.63) is 4.85 Å². The van der Waals surface area contributed by atoms with E-state index in [1.807, 2.05) is 0 Å². The highest BCUT2D eigenvalue weighted by atomic mass is 14.7. The van der Waals surface area contributed by atoms with Gasteiger partial charge in [-0.3, -0.25) is 0 Å². The van der Waals surface area contributed by atoms with Crippen molar-refractivity contribution in [3.8, 4) is 6.07 Å². The molecule has 0 aromatic carbocycles. The molecular formula is C6H11N2+. The van der Waals surface area contributed by atoms with Gasteiger partial charge in [0, 0.05) is 6.54 Å². The van der Waals surface area contributed by atoms with Gasteiger partial charge < -0.3 is 5.73 Å². The maximum Gasteiger partial charge on any atom is 0.280 e. The van der Waals surface area contributed by atoms with Crippen molar-refractivity contribution in [1.82, 2.24) is 0 Å². The molecule has 0 aromatic heterocycles. The first-order chi connectivity index (χ1) is 3.83. The lowest BCUT2D eigenvalue weighted by Crippen LogP contribution is -2.12. The van der Waals surface area contributed by atoms with E-state index in [0.29, 0.717) is 6.54 Å². The van der Waals surface area contributed by atoms with Gasteiger partial charge in [-0.1, -0.05) is 4.85 Å². The predicted molar refractivity (Wildman–Crippen MR) is 33.9 cm³/mol. The lowest BCUT2D eigenvalue weighted by atomic mass is 10.1. The quantitative estimate of drug-likeness (QED) is 0.530. The Morgan fingerprint density at radius 3 is 2.50 bits per heavy atom. The number of nitrogens with two attached hydrogens (primary N) is 1. The Hall–Kier alpha value is -0.550. The molecule has 0 amide bonds. The first-order valence-electron chi connectivity index (χ1n) is 2.89. The van der Waals surface area contributed by atoms with Gasteiger partial charge in [0.05, 0.1) is 0 Å². The molecule has 1 aliphatic rings. The van der Waals surface area contributed by atoms with Gasteiger partial charge in [0.15, 0.2) is 0 Å². The van der Waals surface area contributed by atoms with Crippen molar-refractivity contribution in [3.63, 3.8) is 0 Å². The standard InChI is InChI=1S/C6H11N2/c1-8-5-6(4-7)2-3-6/h2-4,7H2,1H3/q+1. The minimum atomic E-state index is 0.203. The van der Waals surface area contributed by atoms with Crippen molar-refractivity contribution in [2.24, 2.45) is 11.1 Å². The van der Waals surface area contributed by atoms with E-state index in [1.54, 1.807) is 7.05 Å². The summed E-state index contributed by atoms with van der Waals surface area (Å²) in [6.07, 6.45) is 2.36. The zero-order valence-electron chi connectivity index (χ0n) is 5.15. The van der Waals surface area contributed by atoms with Gasteiger partial charge in [0.2, 0.25) is 0 Å². The van der Waals surface area contributed by atoms with E-state index in [-0.39, 0.29) is 5.41 Å². The van der Waals surface area contributed by atoms with Crippen molar-refractivity contribution in [2.45, 2.75) is 12.8 Å². The number of nitrogens with zero attached hydrogens (tertiary/aromatic N) is 1. The second-order valence-corrected chi connectivity index (χ2v) is 2.32. The van der Waals surface area contributed by atoms with Gasteiger partial charge >= 0.3 is 0 Å². The summed E-state index contributed by atoms with van der Waals surface area (Å²) in [5, 5.41) is 0. The molecule has 1 aliphatic carbocycles. The van der Waals surface area contributed by atoms with Crippen LogP contribution in [0.25, 0.3) is 4.85 Å². The first kappa shape index (κ1) is 5.58. The number of hydrogen-bond acceptors (Lipinski definition) is 1. The van der Waals surface area contributed by atoms with E-state index < -0.39 is 0 Å². The van der Waals surface area contributed by atoms with E-state index in [1.165, 1.54) is 12.8 Å². The van der Waals surface area contributed by atoms with Crippen LogP contribution in [0.3, 0.4) is 0 Å². The molecule has 0 radical (unpaired) electrons. The molecule has 0 spiro atoms. The Morgan fingerprint density at radius 2 is 2.38 bits per heavy atom. The highest BCUT2D eigenvalue weighted by molar-refractivity contribution is 5.14. The Labute approximate surface area is 49.5 Å². The second-order valence-electron chi connectivity index (χ2n) is 2.32. The molecule has 0 saturated heterocycles. The zero-order valence-corrected chi connectivity index (χ0v) is 5.15. The number of rotatable bonds is 1. The highest BCUT2D eigenvalue weighted by Gasteiger charge is 2.45. The lowest BCUT2D eigenvalue weighted by Gasteiger charge is -1.89. The van der Waals surface area contributed by atoms with Crippen LogP contribution in [0.1, 0.15) is 12.8 Å². The third-order valence-corrected chi connectivity index (χ3v) is 1.59. The molecule has 2 N–H and O–H groups in total. The SMILES string of the molecule is C[N+]#CC1(CN)CC1. The van der Waals surface area contributed by atoms with Crippen LogP contribution in [-0.2, 0) is 0 Å². The van der Waals surface area contributed by atoms with E-state index in [0.717, 1.165) is 0 Å². The summed E-state index contributed by atoms with van der Waals surface area (Å²) in [4.78, 5) is 3.81. The molecule has 8 heavy (non-hydrogen) atoms. The van der Waals surface area contributed by atoms with Crippen LogP contribution in [0.15, 0.2) is 0 Å². The third kappa shape index (κ3) is 0.823. The van der Waals surface area contributed by atoms with E-state index in [9.17, 15) is 0 Å². The molecule has 1 rings (SSSR count). The van der Waals surface area contributed by atoms with Gasteiger partial charge in [-0.15, -0.1) is 0 Å². The zero-order chi connectivity index (χ0) is 6.04. The normalized spacial score (nSPS) is 21.2. The molecule has 2 nitrogen and oxygen atoms in total. The fourth-order valence-electron chi connectivity index (χ4n) is 0.750. The minimum Gasteiger partial charge on any atom is -0.329 e. The molecule has 0 bridgehead atoms. The molecule has 1 fully saturated rings. The number of hydrogen-bond donors (Lipinski definition) is 1. The summed E-state index contributed by atoms with van der Waals surface area (Å²) >= 11 is 0. The second kappa shape index (κ2) is 1.75. The molecule has 0 aliphatic heterocycles. The summed E-state index contributed by atoms with van der Waals surface area (Å²) in [7, 11) is 1.75. The van der Waals surface area contributed by atoms with Crippen LogP contribution in [0.5, 0.6) is 0 Å². The Bertz CT molecular complexity index is 136. The molecular weight excluding hydrogens is 100 g/mol. The van der Waals surface area contributed by atoms with Gasteiger partial charge in [-0.2, -0.15) is 0 Å². The fraction of sp³-hybridized carbons (Fsp3) is 0.833. The molecule has 2 heteroatoms. The van der Waals surface area contributed by atoms with Gasteiger partial charge in [0.25, 0.3) is 13.1 Å². The molecule has 0 unspecified atom stereocenters. The van der Waals surface area contributed by atoms with Crippen LogP contribution in [0.2, 0.25) is 0 Å². The fourth-order valence-corrected chi connectivity index (χ4v) is 0.750. The molecule has 1 saturated carbocycles. The smallest absolute Gasteiger partial charge is 0.280 e. The monoisotopic (exact) mass is 111 g/mol. The third-order valence-electron chi connectivity index (χ3n) is 1.59. The van der Waals surface area contributed by atoms with Crippen LogP contribution >= 0.6 is 0 Å². The highest BCUT2D eigenvalue weighted by Crippen LogP contribution is 2.43. The van der Waals surface area contributed by atoms with Crippen molar-refractivity contribution in [1.29, 1.82) is 0 Å². The van der Waals surface area contributed by atoms with Crippen LogP contribution in [-0.4, -0.2) is 13.6 Å². The Morgan fingerprint density at radius 1 is 1.75 bits per heavy atom. The summed E-state index contributed by atoms with van der Waals surface area (Å²) in [5.41, 5.74) is 5.64. The van der Waals surface area contributed by atoms with E-state index in [4.69, 9.17) is 5.73 Å². The summed E-state index contributed by atoms with van der Waals surface area (Å²) in [5.74, 6) is 0. The van der Waals surface area contributed by atoms with E-state index >= 15 is 0 Å². The maximum absolute atomic E-state index is 5.43. The van der Waals surface area contributed by atoms with Crippen LogP contribution in [0.4, 0.5) is 0 Å². The Kier molecular flexibility index (Phi) is 1.22. The predicted octanol–water partition coefficient (Wildman–Crippen LogP) is 0.688. The molecule has 44 valence electrons. The largest absolute Gasteiger partial charge is 0.329 e. The summed E-state index contributed by atoms with van der Waals surface area (Å²) in [6, 6.07) is 2.98. The van der Waals surface area contributed by atoms with Gasteiger partial charge in [0.1, 0.15) is 5.41 Å². The average molecular weight is 111 g/mol. The van der Waals surface area contributed by atoms with Crippen molar-refractivity contribution < 1.29 is 0 Å². The molecule has 0 heterocycles. The van der Waals surface area contributed by atoms with Crippen LogP contribution in [0, 0.1) is 11.5 Å². The average Bonchev–Trinajstić information content (AvgIpc) is 2.50. The maximum atomic E-state index is 5.43. The molecule has 0 aromatic rings. The van der Waals surface area contributed by atoms with Crippen molar-refractivity contribution in [2.75, 3.05) is 13.6 Å². The Balaban J connectivity index is 2.49. The minimum absolute atomic E-state index is 0.203. The summed E-state index contributed by atoms with van der Waals surface area (Å²) in [6.45, 7) is 0.713. The first-order valence-corrected chi connectivity index (χ1v) is 2.89. The summed E-state index contributed by atoms with van der Waals surface area (Å²) < 4.78 is 0. The topological polar surface area (TPSA) is 30.4 Å². The van der Waals surface area contributed by atoms with Crippen molar-refractivity contribution >= 4 is 0 Å². The van der Waals surface area contributed by atoms with Crippen LogP contribution < -0.4 is 5.73 Å². The van der Waals surface area contributed by atoms with Gasteiger partial charge in [-0.05, 0) is 12.8 Å². The van der Waals surface area contributed by atoms with E-state index in [2.05, 4.69) is 10.9 Å². The lowest BCUT2D eigenvalue weighted by molar-refractivity contribution is 0.692. The molecule has 0 atom stereocenters. The van der Waals surface area contributed by atoms with Gasteiger partial charge in [-0.25, -0.2) is 0 Å².